The molecule has 3 aliphatic rings. The molecule has 0 bridgehead atoms. The third-order valence-electron chi connectivity index (χ3n) is 8.75. The molecule has 0 aliphatic carbocycles. The van der Waals surface area contributed by atoms with Gasteiger partial charge in [0, 0.05) is 0 Å². The summed E-state index contributed by atoms with van der Waals surface area (Å²) in [5.74, 6) is -2.16. The number of carbonyl (C=O) groups is 2. The van der Waals surface area contributed by atoms with Crippen LogP contribution in [0.3, 0.4) is 0 Å². The molecule has 3 aromatic carbocycles. The molecule has 11 nitrogen and oxygen atoms in total. The van der Waals surface area contributed by atoms with Crippen LogP contribution in [0, 0.1) is 0 Å². The van der Waals surface area contributed by atoms with Crippen molar-refractivity contribution >= 4 is 11.9 Å². The second-order valence-corrected chi connectivity index (χ2v) is 12.9. The highest BCUT2D eigenvalue weighted by Gasteiger charge is 2.58. The zero-order valence-electron chi connectivity index (χ0n) is 28.6. The van der Waals surface area contributed by atoms with Gasteiger partial charge in [0.05, 0.1) is 36.5 Å². The Balaban J connectivity index is 1.36. The summed E-state index contributed by atoms with van der Waals surface area (Å²) in [6.07, 6.45) is -6.95. The summed E-state index contributed by atoms with van der Waals surface area (Å²) in [7, 11) is 0. The van der Waals surface area contributed by atoms with Crippen LogP contribution >= 0.6 is 0 Å². The van der Waals surface area contributed by atoms with E-state index in [-0.39, 0.29) is 19.3 Å². The summed E-state index contributed by atoms with van der Waals surface area (Å²) >= 11 is 0. The molecule has 0 unspecified atom stereocenters. The van der Waals surface area contributed by atoms with Crippen LogP contribution in [0.1, 0.15) is 54.0 Å². The first-order valence-corrected chi connectivity index (χ1v) is 16.9. The third kappa shape index (κ3) is 8.33. The lowest BCUT2D eigenvalue weighted by Crippen LogP contribution is -2.64. The second kappa shape index (κ2) is 15.9. The number of rotatable bonds is 12. The molecule has 0 saturated carbocycles. The number of benzene rings is 3. The lowest BCUT2D eigenvalue weighted by Gasteiger charge is -2.47. The highest BCUT2D eigenvalue weighted by atomic mass is 16.8. The van der Waals surface area contributed by atoms with Gasteiger partial charge in [0.2, 0.25) is 0 Å². The van der Waals surface area contributed by atoms with Crippen LogP contribution in [-0.2, 0) is 49.2 Å². The van der Waals surface area contributed by atoms with Gasteiger partial charge in [-0.3, -0.25) is 0 Å². The van der Waals surface area contributed by atoms with Crippen molar-refractivity contribution < 1.29 is 52.2 Å². The molecule has 3 aliphatic heterocycles. The Hall–Kier alpha value is -3.94. The standard InChI is InChI=1S/C39H44O11/c1-6-22-42-37-34(32-30(25(3)44-37)49-39(4,5)50-32)48-38-33(43-23-26-16-10-7-11-17-26)31(47-36(41)28-20-14-9-15-21-28)29(24(2)45-38)46-35(40)27-18-12-8-13-19-27/h6-21,24-25,29-34,37-38H,1,22-23H2,2-5H3/t24-,25-,29+,30+,31+,32+,33-,34-,37+,38-/m0/s1. The van der Waals surface area contributed by atoms with Gasteiger partial charge in [-0.25, -0.2) is 9.59 Å². The normalized spacial score (nSPS) is 31.7. The van der Waals surface area contributed by atoms with Crippen LogP contribution in [0.5, 0.6) is 0 Å². The summed E-state index contributed by atoms with van der Waals surface area (Å²) in [5.41, 5.74) is 1.50. The van der Waals surface area contributed by atoms with Gasteiger partial charge in [-0.1, -0.05) is 72.8 Å². The number of hydrogen-bond acceptors (Lipinski definition) is 11. The van der Waals surface area contributed by atoms with E-state index in [0.717, 1.165) is 5.56 Å². The summed E-state index contributed by atoms with van der Waals surface area (Å²) in [5, 5.41) is 0. The average molecular weight is 689 g/mol. The van der Waals surface area contributed by atoms with E-state index in [9.17, 15) is 9.59 Å². The van der Waals surface area contributed by atoms with Gasteiger partial charge in [-0.2, -0.15) is 0 Å². The van der Waals surface area contributed by atoms with Crippen molar-refractivity contribution in [3.8, 4) is 0 Å². The maximum Gasteiger partial charge on any atom is 0.338 e. The van der Waals surface area contributed by atoms with Gasteiger partial charge in [0.15, 0.2) is 30.6 Å². The third-order valence-corrected chi connectivity index (χ3v) is 8.75. The zero-order chi connectivity index (χ0) is 35.3. The molecule has 0 N–H and O–H groups in total. The van der Waals surface area contributed by atoms with E-state index in [0.29, 0.717) is 11.1 Å². The minimum atomic E-state index is -1.17. The maximum atomic E-state index is 13.7. The van der Waals surface area contributed by atoms with Gasteiger partial charge in [0.1, 0.15) is 24.4 Å². The van der Waals surface area contributed by atoms with Crippen LogP contribution in [0.15, 0.2) is 104 Å². The molecule has 3 saturated heterocycles. The topological polar surface area (TPSA) is 117 Å². The summed E-state index contributed by atoms with van der Waals surface area (Å²) in [6, 6.07) is 26.6. The number of ether oxygens (including phenoxy) is 9. The second-order valence-electron chi connectivity index (χ2n) is 12.9. The van der Waals surface area contributed by atoms with Crippen LogP contribution in [0.4, 0.5) is 0 Å². The van der Waals surface area contributed by atoms with Gasteiger partial charge in [-0.05, 0) is 57.5 Å². The summed E-state index contributed by atoms with van der Waals surface area (Å²) < 4.78 is 57.0. The van der Waals surface area contributed by atoms with Crippen molar-refractivity contribution in [2.24, 2.45) is 0 Å². The maximum absolute atomic E-state index is 13.7. The molecule has 3 fully saturated rings. The summed E-state index contributed by atoms with van der Waals surface area (Å²) in [6.45, 7) is 11.3. The number of hydrogen-bond donors (Lipinski definition) is 0. The first-order chi connectivity index (χ1) is 24.1. The average Bonchev–Trinajstić information content (AvgIpc) is 3.46. The first kappa shape index (κ1) is 35.9. The van der Waals surface area contributed by atoms with Crippen molar-refractivity contribution in [3.05, 3.63) is 120 Å². The number of esters is 2. The quantitative estimate of drug-likeness (QED) is 0.174. The molecule has 0 aromatic heterocycles. The van der Waals surface area contributed by atoms with Gasteiger partial charge < -0.3 is 42.6 Å². The van der Waals surface area contributed by atoms with E-state index >= 15 is 0 Å². The highest BCUT2D eigenvalue weighted by Crippen LogP contribution is 2.41. The molecule has 3 heterocycles. The number of fused-ring (bicyclic) bond motifs is 1. The smallest absolute Gasteiger partial charge is 0.338 e. The molecule has 10 atom stereocenters. The van der Waals surface area contributed by atoms with Crippen LogP contribution in [-0.4, -0.2) is 85.7 Å². The van der Waals surface area contributed by atoms with Crippen molar-refractivity contribution in [2.45, 2.75) is 102 Å². The minimum Gasteiger partial charge on any atom is -0.452 e. The molecule has 0 radical (unpaired) electrons. The fraction of sp³-hybridized carbons (Fsp3) is 0.436. The van der Waals surface area contributed by atoms with Gasteiger partial charge in [-0.15, -0.1) is 6.58 Å². The molecule has 266 valence electrons. The molecule has 11 heteroatoms. The Morgan fingerprint density at radius 1 is 0.680 bits per heavy atom. The molecular formula is C39H44O11. The van der Waals surface area contributed by atoms with Crippen LogP contribution in [0.25, 0.3) is 0 Å². The monoisotopic (exact) mass is 688 g/mol. The van der Waals surface area contributed by atoms with E-state index in [1.807, 2.05) is 51.1 Å². The molecular weight excluding hydrogens is 644 g/mol. The van der Waals surface area contributed by atoms with Crippen LogP contribution < -0.4 is 0 Å². The van der Waals surface area contributed by atoms with Gasteiger partial charge in [0.25, 0.3) is 0 Å². The van der Waals surface area contributed by atoms with Crippen molar-refractivity contribution in [1.29, 1.82) is 0 Å². The van der Waals surface area contributed by atoms with Crippen molar-refractivity contribution in [3.63, 3.8) is 0 Å². The number of carbonyl (C=O) groups excluding carboxylic acids is 2. The van der Waals surface area contributed by atoms with Crippen molar-refractivity contribution in [2.75, 3.05) is 6.61 Å². The Morgan fingerprint density at radius 3 is 1.82 bits per heavy atom. The predicted octanol–water partition coefficient (Wildman–Crippen LogP) is 5.62. The Morgan fingerprint density at radius 2 is 1.22 bits per heavy atom. The molecule has 6 rings (SSSR count). The van der Waals surface area contributed by atoms with E-state index < -0.39 is 73.0 Å². The Bertz CT molecular complexity index is 1570. The lowest BCUT2D eigenvalue weighted by atomic mass is 9.97. The molecule has 0 amide bonds. The Labute approximate surface area is 292 Å². The fourth-order valence-corrected chi connectivity index (χ4v) is 6.40. The fourth-order valence-electron chi connectivity index (χ4n) is 6.40. The molecule has 3 aromatic rings. The van der Waals surface area contributed by atoms with E-state index in [1.54, 1.807) is 73.7 Å². The van der Waals surface area contributed by atoms with E-state index in [2.05, 4.69) is 6.58 Å². The minimum absolute atomic E-state index is 0.106. The van der Waals surface area contributed by atoms with Crippen molar-refractivity contribution in [1.82, 2.24) is 0 Å². The Kier molecular flexibility index (Phi) is 11.4. The largest absolute Gasteiger partial charge is 0.452 e. The lowest BCUT2D eigenvalue weighted by molar-refractivity contribution is -0.357. The highest BCUT2D eigenvalue weighted by molar-refractivity contribution is 5.90. The molecule has 50 heavy (non-hydrogen) atoms. The SMILES string of the molecule is C=CCO[C@@H]1O[C@@H](C)[C@H]2OC(C)(C)O[C@H]2[C@@H]1O[C@@H]1O[C@@H](C)[C@@H](OC(=O)c2ccccc2)[C@@H](OC(=O)c2ccccc2)[C@@H]1OCc1ccccc1. The van der Waals surface area contributed by atoms with Crippen LogP contribution in [0.2, 0.25) is 0 Å². The van der Waals surface area contributed by atoms with E-state index in [1.165, 1.54) is 0 Å². The first-order valence-electron chi connectivity index (χ1n) is 16.9. The van der Waals surface area contributed by atoms with E-state index in [4.69, 9.17) is 42.6 Å². The van der Waals surface area contributed by atoms with Gasteiger partial charge >= 0.3 is 11.9 Å². The zero-order valence-corrected chi connectivity index (χ0v) is 28.6. The predicted molar refractivity (Wildman–Crippen MR) is 180 cm³/mol. The summed E-state index contributed by atoms with van der Waals surface area (Å²) in [4.78, 5) is 27.1. The molecule has 0 spiro atoms.